The van der Waals surface area contributed by atoms with Crippen LogP contribution in [-0.2, 0) is 4.74 Å². The van der Waals surface area contributed by atoms with E-state index in [0.29, 0.717) is 17.6 Å². The molecule has 0 atom stereocenters. The molecule has 0 spiro atoms. The van der Waals surface area contributed by atoms with Crippen molar-refractivity contribution in [1.82, 2.24) is 10.2 Å². The highest BCUT2D eigenvalue weighted by Crippen LogP contribution is 2.38. The number of rotatable bonds is 9. The molecule has 3 nitrogen and oxygen atoms in total. The molecule has 0 heterocycles. The zero-order chi connectivity index (χ0) is 14.3. The first-order chi connectivity index (χ1) is 8.93. The third kappa shape index (κ3) is 6.73. The quantitative estimate of drug-likeness (QED) is 0.697. The maximum atomic E-state index is 5.65. The Hall–Kier alpha value is -0.120. The first-order valence-corrected chi connectivity index (χ1v) is 7.97. The number of likely N-dealkylation sites (N-methyl/N-ethyl adjacent to an activating group) is 1. The Balaban J connectivity index is 2.35. The molecule has 0 aromatic heterocycles. The van der Waals surface area contributed by atoms with E-state index in [9.17, 15) is 0 Å². The Kier molecular flexibility index (Phi) is 7.33. The molecule has 1 aliphatic carbocycles. The second-order valence-electron chi connectivity index (χ2n) is 6.90. The van der Waals surface area contributed by atoms with E-state index >= 15 is 0 Å². The van der Waals surface area contributed by atoms with Gasteiger partial charge in [0.05, 0.1) is 12.7 Å². The standard InChI is InChI=1S/C16H34N2O/c1-14(2)17-12-16(8-6-7-9-16)13-18(5)10-11-19-15(3)4/h14-15,17H,6-13H2,1-5H3. The summed E-state index contributed by atoms with van der Waals surface area (Å²) < 4.78 is 5.65. The number of nitrogens with zero attached hydrogens (tertiary/aromatic N) is 1. The fraction of sp³-hybridized carbons (Fsp3) is 1.00. The van der Waals surface area contributed by atoms with Gasteiger partial charge in [0.2, 0.25) is 0 Å². The first kappa shape index (κ1) is 16.9. The monoisotopic (exact) mass is 270 g/mol. The summed E-state index contributed by atoms with van der Waals surface area (Å²) in [5, 5.41) is 3.65. The summed E-state index contributed by atoms with van der Waals surface area (Å²) in [4.78, 5) is 2.45. The van der Waals surface area contributed by atoms with E-state index in [1.165, 1.54) is 38.8 Å². The van der Waals surface area contributed by atoms with Gasteiger partial charge in [0.1, 0.15) is 0 Å². The molecule has 0 aliphatic heterocycles. The van der Waals surface area contributed by atoms with Crippen molar-refractivity contribution >= 4 is 0 Å². The van der Waals surface area contributed by atoms with Crippen molar-refractivity contribution < 1.29 is 4.74 Å². The molecule has 0 unspecified atom stereocenters. The van der Waals surface area contributed by atoms with Gasteiger partial charge in [-0.05, 0) is 39.2 Å². The Morgan fingerprint density at radius 3 is 2.32 bits per heavy atom. The van der Waals surface area contributed by atoms with Crippen LogP contribution in [0, 0.1) is 5.41 Å². The summed E-state index contributed by atoms with van der Waals surface area (Å²) in [7, 11) is 2.24. The average molecular weight is 270 g/mol. The molecule has 1 saturated carbocycles. The predicted octanol–water partition coefficient (Wildman–Crippen LogP) is 2.90. The fourth-order valence-corrected chi connectivity index (χ4v) is 3.03. The van der Waals surface area contributed by atoms with Crippen LogP contribution >= 0.6 is 0 Å². The second-order valence-corrected chi connectivity index (χ2v) is 6.90. The van der Waals surface area contributed by atoms with Crippen molar-refractivity contribution in [2.75, 3.05) is 33.3 Å². The molecule has 3 heteroatoms. The molecular formula is C16H34N2O. The van der Waals surface area contributed by atoms with E-state index in [2.05, 4.69) is 45.0 Å². The Labute approximate surface area is 120 Å². The molecule has 114 valence electrons. The van der Waals surface area contributed by atoms with Gasteiger partial charge in [-0.2, -0.15) is 0 Å². The van der Waals surface area contributed by atoms with Gasteiger partial charge in [-0.15, -0.1) is 0 Å². The van der Waals surface area contributed by atoms with Gasteiger partial charge in [0.15, 0.2) is 0 Å². The van der Waals surface area contributed by atoms with Crippen LogP contribution in [0.2, 0.25) is 0 Å². The van der Waals surface area contributed by atoms with Crippen molar-refractivity contribution in [3.8, 4) is 0 Å². The van der Waals surface area contributed by atoms with Gasteiger partial charge in [-0.25, -0.2) is 0 Å². The van der Waals surface area contributed by atoms with Crippen LogP contribution in [0.5, 0.6) is 0 Å². The second kappa shape index (κ2) is 8.23. The molecule has 1 N–H and O–H groups in total. The van der Waals surface area contributed by atoms with Gasteiger partial charge in [-0.3, -0.25) is 0 Å². The molecule has 0 saturated heterocycles. The van der Waals surface area contributed by atoms with Crippen LogP contribution in [0.4, 0.5) is 0 Å². The molecule has 0 aromatic carbocycles. The van der Waals surface area contributed by atoms with Crippen LogP contribution in [0.3, 0.4) is 0 Å². The van der Waals surface area contributed by atoms with Crippen molar-refractivity contribution in [3.63, 3.8) is 0 Å². The lowest BCUT2D eigenvalue weighted by Gasteiger charge is -2.34. The predicted molar refractivity (Wildman–Crippen MR) is 82.6 cm³/mol. The lowest BCUT2D eigenvalue weighted by Crippen LogP contribution is -2.43. The van der Waals surface area contributed by atoms with Gasteiger partial charge in [-0.1, -0.05) is 26.7 Å². The van der Waals surface area contributed by atoms with Gasteiger partial charge >= 0.3 is 0 Å². The summed E-state index contributed by atoms with van der Waals surface area (Å²) in [6, 6.07) is 0.590. The Bertz CT molecular complexity index is 235. The summed E-state index contributed by atoms with van der Waals surface area (Å²) in [6.45, 7) is 12.9. The largest absolute Gasteiger partial charge is 0.377 e. The average Bonchev–Trinajstić information content (AvgIpc) is 2.75. The van der Waals surface area contributed by atoms with Gasteiger partial charge < -0.3 is 15.0 Å². The molecule has 1 aliphatic rings. The van der Waals surface area contributed by atoms with Crippen LogP contribution in [0.25, 0.3) is 0 Å². The van der Waals surface area contributed by atoms with Crippen molar-refractivity contribution in [3.05, 3.63) is 0 Å². The molecule has 0 radical (unpaired) electrons. The zero-order valence-electron chi connectivity index (χ0n) is 13.7. The van der Waals surface area contributed by atoms with Crippen LogP contribution in [0.15, 0.2) is 0 Å². The van der Waals surface area contributed by atoms with E-state index in [1.54, 1.807) is 0 Å². The summed E-state index contributed by atoms with van der Waals surface area (Å²) in [6.07, 6.45) is 5.90. The van der Waals surface area contributed by atoms with E-state index < -0.39 is 0 Å². The van der Waals surface area contributed by atoms with Crippen molar-refractivity contribution in [2.24, 2.45) is 5.41 Å². The lowest BCUT2D eigenvalue weighted by molar-refractivity contribution is 0.0542. The minimum atomic E-state index is 0.344. The Morgan fingerprint density at radius 2 is 1.79 bits per heavy atom. The van der Waals surface area contributed by atoms with Crippen LogP contribution in [0.1, 0.15) is 53.4 Å². The molecule has 1 fully saturated rings. The fourth-order valence-electron chi connectivity index (χ4n) is 3.03. The van der Waals surface area contributed by atoms with Crippen molar-refractivity contribution in [1.29, 1.82) is 0 Å². The number of hydrogen-bond acceptors (Lipinski definition) is 3. The molecule has 0 amide bonds. The normalized spacial score (nSPS) is 18.9. The molecule has 0 bridgehead atoms. The van der Waals surface area contributed by atoms with Gasteiger partial charge in [0, 0.05) is 25.7 Å². The highest BCUT2D eigenvalue weighted by atomic mass is 16.5. The van der Waals surface area contributed by atoms with E-state index in [-0.39, 0.29) is 0 Å². The third-order valence-electron chi connectivity index (χ3n) is 4.08. The van der Waals surface area contributed by atoms with Crippen molar-refractivity contribution in [2.45, 2.75) is 65.5 Å². The number of nitrogens with one attached hydrogen (secondary N) is 1. The molecule has 1 rings (SSSR count). The molecule has 19 heavy (non-hydrogen) atoms. The molecular weight excluding hydrogens is 236 g/mol. The highest BCUT2D eigenvalue weighted by molar-refractivity contribution is 4.89. The smallest absolute Gasteiger partial charge is 0.0596 e. The van der Waals surface area contributed by atoms with E-state index in [0.717, 1.165) is 13.2 Å². The zero-order valence-corrected chi connectivity index (χ0v) is 13.7. The summed E-state index contributed by atoms with van der Waals surface area (Å²) in [5.41, 5.74) is 0.497. The SMILES string of the molecule is CC(C)NCC1(CN(C)CCOC(C)C)CCCC1. The topological polar surface area (TPSA) is 24.5 Å². The maximum absolute atomic E-state index is 5.65. The minimum absolute atomic E-state index is 0.344. The van der Waals surface area contributed by atoms with Gasteiger partial charge in [0.25, 0.3) is 0 Å². The summed E-state index contributed by atoms with van der Waals surface area (Å²) >= 11 is 0. The summed E-state index contributed by atoms with van der Waals surface area (Å²) in [5.74, 6) is 0. The lowest BCUT2D eigenvalue weighted by atomic mass is 9.85. The first-order valence-electron chi connectivity index (χ1n) is 7.97. The van der Waals surface area contributed by atoms with Crippen LogP contribution in [-0.4, -0.2) is 50.3 Å². The molecule has 0 aromatic rings. The van der Waals surface area contributed by atoms with E-state index in [4.69, 9.17) is 4.74 Å². The number of ether oxygens (including phenoxy) is 1. The van der Waals surface area contributed by atoms with E-state index in [1.807, 2.05) is 0 Å². The number of hydrogen-bond donors (Lipinski definition) is 1. The van der Waals surface area contributed by atoms with Crippen LogP contribution < -0.4 is 5.32 Å². The third-order valence-corrected chi connectivity index (χ3v) is 4.08. The Morgan fingerprint density at radius 1 is 1.16 bits per heavy atom. The minimum Gasteiger partial charge on any atom is -0.377 e. The maximum Gasteiger partial charge on any atom is 0.0596 e. The highest BCUT2D eigenvalue weighted by Gasteiger charge is 2.34.